The lowest BCUT2D eigenvalue weighted by molar-refractivity contribution is 0.314. The molecular formula is C14H18N4O. The Bertz CT molecular complexity index is 552. The number of hydrogen-bond donors (Lipinski definition) is 1. The molecule has 100 valence electrons. The van der Waals surface area contributed by atoms with Gasteiger partial charge in [-0.2, -0.15) is 5.10 Å². The molecule has 2 heterocycles. The number of fused-ring (bicyclic) bond motifs is 1. The molecule has 0 radical (unpaired) electrons. The molecule has 1 aromatic heterocycles. The number of hydrogen-bond acceptors (Lipinski definition) is 4. The Morgan fingerprint density at radius 2 is 2.32 bits per heavy atom. The summed E-state index contributed by atoms with van der Waals surface area (Å²) in [4.78, 5) is 4.30. The van der Waals surface area contributed by atoms with Crippen molar-refractivity contribution in [2.24, 2.45) is 0 Å². The van der Waals surface area contributed by atoms with Crippen molar-refractivity contribution in [3.8, 4) is 5.75 Å². The fraction of sp³-hybridized carbons (Fsp3) is 0.429. The number of nitrogens with zero attached hydrogens (tertiary/aromatic N) is 3. The molecule has 1 atom stereocenters. The van der Waals surface area contributed by atoms with E-state index in [9.17, 15) is 0 Å². The zero-order valence-electron chi connectivity index (χ0n) is 11.0. The molecule has 1 unspecified atom stereocenters. The third kappa shape index (κ3) is 2.61. The van der Waals surface area contributed by atoms with Crippen molar-refractivity contribution in [3.63, 3.8) is 0 Å². The second-order valence-corrected chi connectivity index (χ2v) is 4.71. The first kappa shape index (κ1) is 12.2. The van der Waals surface area contributed by atoms with Crippen molar-refractivity contribution >= 4 is 0 Å². The van der Waals surface area contributed by atoms with Crippen LogP contribution in [0.5, 0.6) is 5.75 Å². The molecule has 2 aromatic rings. The van der Waals surface area contributed by atoms with E-state index in [1.165, 1.54) is 5.56 Å². The van der Waals surface area contributed by atoms with Crippen LogP contribution < -0.4 is 10.1 Å². The number of ether oxygens (including phenoxy) is 1. The lowest BCUT2D eigenvalue weighted by atomic mass is 10.0. The predicted octanol–water partition coefficient (Wildman–Crippen LogP) is 1.56. The van der Waals surface area contributed by atoms with Crippen LogP contribution in [-0.2, 0) is 13.1 Å². The van der Waals surface area contributed by atoms with Gasteiger partial charge in [0.05, 0.1) is 19.7 Å². The van der Waals surface area contributed by atoms with Gasteiger partial charge in [0.15, 0.2) is 5.82 Å². The lowest BCUT2D eigenvalue weighted by Crippen LogP contribution is -2.14. The first-order valence-electron chi connectivity index (χ1n) is 6.67. The first-order valence-corrected chi connectivity index (χ1v) is 6.67. The zero-order valence-corrected chi connectivity index (χ0v) is 11.0. The van der Waals surface area contributed by atoms with Gasteiger partial charge < -0.3 is 10.1 Å². The number of para-hydroxylation sites is 1. The van der Waals surface area contributed by atoms with Crippen molar-refractivity contribution in [2.45, 2.75) is 25.9 Å². The summed E-state index contributed by atoms with van der Waals surface area (Å²) in [6.07, 6.45) is 1.80. The highest BCUT2D eigenvalue weighted by Crippen LogP contribution is 2.34. The van der Waals surface area contributed by atoms with E-state index < -0.39 is 0 Å². The Kier molecular flexibility index (Phi) is 3.46. The third-order valence-corrected chi connectivity index (χ3v) is 3.32. The number of benzene rings is 1. The van der Waals surface area contributed by atoms with Crippen LogP contribution in [0.2, 0.25) is 0 Å². The van der Waals surface area contributed by atoms with Crippen LogP contribution in [0, 0.1) is 0 Å². The quantitative estimate of drug-likeness (QED) is 0.884. The molecule has 0 spiro atoms. The van der Waals surface area contributed by atoms with Crippen molar-refractivity contribution in [3.05, 3.63) is 42.0 Å². The Morgan fingerprint density at radius 3 is 3.21 bits per heavy atom. The van der Waals surface area contributed by atoms with Gasteiger partial charge in [0.2, 0.25) is 0 Å². The van der Waals surface area contributed by atoms with Gasteiger partial charge >= 0.3 is 0 Å². The Morgan fingerprint density at radius 1 is 1.42 bits per heavy atom. The minimum atomic E-state index is 0.366. The first-order chi connectivity index (χ1) is 9.36. The number of nitrogens with one attached hydrogen (secondary N) is 1. The molecule has 19 heavy (non-hydrogen) atoms. The highest BCUT2D eigenvalue weighted by molar-refractivity contribution is 5.39. The summed E-state index contributed by atoms with van der Waals surface area (Å²) in [5, 5.41) is 7.70. The Labute approximate surface area is 112 Å². The normalized spacial score (nSPS) is 17.2. The zero-order chi connectivity index (χ0) is 13.1. The average Bonchev–Trinajstić information content (AvgIpc) is 3.05. The van der Waals surface area contributed by atoms with Gasteiger partial charge in [-0.3, -0.25) is 4.68 Å². The summed E-state index contributed by atoms with van der Waals surface area (Å²) in [6.45, 7) is 5.27. The highest BCUT2D eigenvalue weighted by Gasteiger charge is 2.24. The molecule has 0 bridgehead atoms. The van der Waals surface area contributed by atoms with Crippen molar-refractivity contribution in [1.82, 2.24) is 20.1 Å². The van der Waals surface area contributed by atoms with Gasteiger partial charge in [-0.1, -0.05) is 25.1 Å². The topological polar surface area (TPSA) is 52.0 Å². The number of aromatic nitrogens is 3. The van der Waals surface area contributed by atoms with Crippen molar-refractivity contribution in [1.29, 1.82) is 0 Å². The molecule has 0 aliphatic carbocycles. The average molecular weight is 258 g/mol. The van der Waals surface area contributed by atoms with E-state index in [1.54, 1.807) is 6.33 Å². The fourth-order valence-electron chi connectivity index (χ4n) is 2.35. The van der Waals surface area contributed by atoms with E-state index in [4.69, 9.17) is 4.74 Å². The number of rotatable bonds is 5. The second kappa shape index (κ2) is 5.40. The molecule has 1 aromatic carbocycles. The SMILES string of the molecule is CCNCc1ncn(CC2COc3ccccc32)n1. The molecule has 0 saturated heterocycles. The van der Waals surface area contributed by atoms with E-state index >= 15 is 0 Å². The molecule has 0 saturated carbocycles. The Balaban J connectivity index is 1.68. The van der Waals surface area contributed by atoms with E-state index in [0.717, 1.165) is 37.8 Å². The van der Waals surface area contributed by atoms with E-state index in [1.807, 2.05) is 16.8 Å². The fourth-order valence-corrected chi connectivity index (χ4v) is 2.35. The van der Waals surface area contributed by atoms with Gasteiger partial charge in [0.25, 0.3) is 0 Å². The van der Waals surface area contributed by atoms with Crippen LogP contribution in [0.15, 0.2) is 30.6 Å². The van der Waals surface area contributed by atoms with Crippen LogP contribution in [0.4, 0.5) is 0 Å². The van der Waals surface area contributed by atoms with E-state index in [0.29, 0.717) is 5.92 Å². The molecule has 5 nitrogen and oxygen atoms in total. The van der Waals surface area contributed by atoms with Gasteiger partial charge in [-0.15, -0.1) is 0 Å². The molecule has 3 rings (SSSR count). The molecule has 1 N–H and O–H groups in total. The molecule has 5 heteroatoms. The summed E-state index contributed by atoms with van der Waals surface area (Å²) < 4.78 is 7.59. The minimum Gasteiger partial charge on any atom is -0.493 e. The molecule has 1 aliphatic heterocycles. The molecule has 1 aliphatic rings. The maximum absolute atomic E-state index is 5.68. The standard InChI is InChI=1S/C14H18N4O/c1-2-15-7-14-16-10-18(17-14)8-11-9-19-13-6-4-3-5-12(11)13/h3-6,10-11,15H,2,7-9H2,1H3. The minimum absolute atomic E-state index is 0.366. The van der Waals surface area contributed by atoms with E-state index in [2.05, 4.69) is 34.5 Å². The maximum atomic E-state index is 5.68. The summed E-state index contributed by atoms with van der Waals surface area (Å²) in [5.41, 5.74) is 1.27. The summed E-state index contributed by atoms with van der Waals surface area (Å²) in [5.74, 6) is 2.21. The van der Waals surface area contributed by atoms with Crippen molar-refractivity contribution < 1.29 is 4.74 Å². The molecule has 0 fully saturated rings. The van der Waals surface area contributed by atoms with Crippen LogP contribution in [0.25, 0.3) is 0 Å². The summed E-state index contributed by atoms with van der Waals surface area (Å²) >= 11 is 0. The Hall–Kier alpha value is -1.88. The van der Waals surface area contributed by atoms with Gasteiger partial charge in [-0.05, 0) is 12.6 Å². The van der Waals surface area contributed by atoms with Gasteiger partial charge in [0.1, 0.15) is 12.1 Å². The van der Waals surface area contributed by atoms with Crippen LogP contribution in [0.1, 0.15) is 24.2 Å². The third-order valence-electron chi connectivity index (χ3n) is 3.32. The van der Waals surface area contributed by atoms with Crippen LogP contribution in [-0.4, -0.2) is 27.9 Å². The van der Waals surface area contributed by atoms with Crippen molar-refractivity contribution in [2.75, 3.05) is 13.2 Å². The van der Waals surface area contributed by atoms with E-state index in [-0.39, 0.29) is 0 Å². The van der Waals surface area contributed by atoms with Gasteiger partial charge in [-0.25, -0.2) is 4.98 Å². The van der Waals surface area contributed by atoms with Crippen LogP contribution in [0.3, 0.4) is 0 Å². The van der Waals surface area contributed by atoms with Crippen LogP contribution >= 0.6 is 0 Å². The second-order valence-electron chi connectivity index (χ2n) is 4.71. The summed E-state index contributed by atoms with van der Waals surface area (Å²) in [6, 6.07) is 8.21. The largest absolute Gasteiger partial charge is 0.493 e. The summed E-state index contributed by atoms with van der Waals surface area (Å²) in [7, 11) is 0. The predicted molar refractivity (Wildman–Crippen MR) is 72.1 cm³/mol. The molecule has 0 amide bonds. The monoisotopic (exact) mass is 258 g/mol. The highest BCUT2D eigenvalue weighted by atomic mass is 16.5. The smallest absolute Gasteiger partial charge is 0.164 e. The van der Waals surface area contributed by atoms with Gasteiger partial charge in [0, 0.05) is 11.5 Å². The lowest BCUT2D eigenvalue weighted by Gasteiger charge is -2.07. The maximum Gasteiger partial charge on any atom is 0.164 e. The molecular weight excluding hydrogens is 240 g/mol.